The van der Waals surface area contributed by atoms with Crippen LogP contribution >= 0.6 is 11.3 Å². The zero-order chi connectivity index (χ0) is 11.8. The van der Waals surface area contributed by atoms with Crippen LogP contribution in [-0.2, 0) is 0 Å². The first-order valence-corrected chi connectivity index (χ1v) is 6.55. The molecule has 0 aliphatic carbocycles. The molecule has 2 heterocycles. The van der Waals surface area contributed by atoms with Crippen LogP contribution in [0.5, 0.6) is 5.75 Å². The molecular weight excluding hydrogens is 232 g/mol. The molecule has 2 aromatic rings. The van der Waals surface area contributed by atoms with Crippen molar-refractivity contribution in [2.45, 2.75) is 25.5 Å². The summed E-state index contributed by atoms with van der Waals surface area (Å²) in [5, 5.41) is 3.07. The van der Waals surface area contributed by atoms with E-state index in [4.69, 9.17) is 10.5 Å². The molecule has 88 valence electrons. The van der Waals surface area contributed by atoms with Gasteiger partial charge in [0.25, 0.3) is 0 Å². The highest BCUT2D eigenvalue weighted by Crippen LogP contribution is 2.39. The molecule has 0 radical (unpaired) electrons. The van der Waals surface area contributed by atoms with E-state index < -0.39 is 0 Å². The van der Waals surface area contributed by atoms with Crippen molar-refractivity contribution < 1.29 is 4.74 Å². The summed E-state index contributed by atoms with van der Waals surface area (Å²) in [7, 11) is 0. The number of hydrogen-bond donors (Lipinski definition) is 1. The average molecular weight is 246 g/mol. The van der Waals surface area contributed by atoms with Crippen LogP contribution in [-0.4, -0.2) is 4.98 Å². The van der Waals surface area contributed by atoms with Crippen LogP contribution in [0.1, 0.15) is 34.8 Å². The van der Waals surface area contributed by atoms with E-state index in [0.717, 1.165) is 28.4 Å². The van der Waals surface area contributed by atoms with Gasteiger partial charge in [-0.2, -0.15) is 0 Å². The summed E-state index contributed by atoms with van der Waals surface area (Å²) in [4.78, 5) is 4.48. The van der Waals surface area contributed by atoms with Gasteiger partial charge in [-0.1, -0.05) is 18.2 Å². The highest BCUT2D eigenvalue weighted by molar-refractivity contribution is 7.09. The van der Waals surface area contributed by atoms with Crippen LogP contribution in [0.15, 0.2) is 29.6 Å². The SMILES string of the molecule is Cc1csc(C2C[C@H](N)c3ccccc3O2)n1. The van der Waals surface area contributed by atoms with E-state index in [1.807, 2.05) is 36.6 Å². The van der Waals surface area contributed by atoms with Crippen molar-refractivity contribution in [2.75, 3.05) is 0 Å². The van der Waals surface area contributed by atoms with E-state index in [-0.39, 0.29) is 12.1 Å². The maximum absolute atomic E-state index is 6.18. The summed E-state index contributed by atoms with van der Waals surface area (Å²) in [5.74, 6) is 0.893. The van der Waals surface area contributed by atoms with Gasteiger partial charge in [0.15, 0.2) is 6.10 Å². The number of fused-ring (bicyclic) bond motifs is 1. The molecule has 1 unspecified atom stereocenters. The summed E-state index contributed by atoms with van der Waals surface area (Å²) in [6, 6.07) is 8.01. The Morgan fingerprint density at radius 2 is 2.24 bits per heavy atom. The van der Waals surface area contributed by atoms with Gasteiger partial charge < -0.3 is 10.5 Å². The van der Waals surface area contributed by atoms with Gasteiger partial charge in [-0.3, -0.25) is 0 Å². The van der Waals surface area contributed by atoms with Gasteiger partial charge in [-0.05, 0) is 13.0 Å². The summed E-state index contributed by atoms with van der Waals surface area (Å²) in [6.07, 6.45) is 0.794. The van der Waals surface area contributed by atoms with Crippen molar-refractivity contribution in [2.24, 2.45) is 5.73 Å². The Kier molecular flexibility index (Phi) is 2.61. The van der Waals surface area contributed by atoms with Gasteiger partial charge in [0.1, 0.15) is 10.8 Å². The summed E-state index contributed by atoms with van der Waals surface area (Å²) < 4.78 is 5.97. The molecule has 0 amide bonds. The Balaban J connectivity index is 1.93. The van der Waals surface area contributed by atoms with Crippen molar-refractivity contribution in [3.05, 3.63) is 45.9 Å². The molecule has 2 N–H and O–H groups in total. The number of hydrogen-bond acceptors (Lipinski definition) is 4. The van der Waals surface area contributed by atoms with E-state index in [0.29, 0.717) is 0 Å². The highest BCUT2D eigenvalue weighted by atomic mass is 32.1. The predicted octanol–water partition coefficient (Wildman–Crippen LogP) is 2.98. The van der Waals surface area contributed by atoms with Crippen LogP contribution in [0.2, 0.25) is 0 Å². The van der Waals surface area contributed by atoms with Gasteiger partial charge in [-0.25, -0.2) is 4.98 Å². The molecule has 0 saturated heterocycles. The summed E-state index contributed by atoms with van der Waals surface area (Å²) >= 11 is 1.64. The number of para-hydroxylation sites is 1. The zero-order valence-corrected chi connectivity index (χ0v) is 10.4. The predicted molar refractivity (Wildman–Crippen MR) is 68.2 cm³/mol. The molecule has 3 nitrogen and oxygen atoms in total. The first-order chi connectivity index (χ1) is 8.24. The van der Waals surface area contributed by atoms with Gasteiger partial charge >= 0.3 is 0 Å². The fourth-order valence-electron chi connectivity index (χ4n) is 2.12. The molecule has 0 saturated carbocycles. The molecule has 0 bridgehead atoms. The van der Waals surface area contributed by atoms with Crippen molar-refractivity contribution in [1.29, 1.82) is 0 Å². The largest absolute Gasteiger partial charge is 0.483 e. The second-order valence-electron chi connectivity index (χ2n) is 4.31. The standard InChI is InChI=1S/C13H14N2OS/c1-8-7-17-13(15-8)12-6-10(14)9-4-2-3-5-11(9)16-12/h2-5,7,10,12H,6,14H2,1H3/t10-,12?/m0/s1. The fraction of sp³-hybridized carbons (Fsp3) is 0.308. The third-order valence-corrected chi connectivity index (χ3v) is 4.02. The van der Waals surface area contributed by atoms with Gasteiger partial charge in [0.05, 0.1) is 0 Å². The zero-order valence-electron chi connectivity index (χ0n) is 9.59. The number of nitrogens with two attached hydrogens (primary N) is 1. The van der Waals surface area contributed by atoms with E-state index in [1.54, 1.807) is 11.3 Å². The lowest BCUT2D eigenvalue weighted by Gasteiger charge is -2.29. The van der Waals surface area contributed by atoms with Crippen molar-refractivity contribution >= 4 is 11.3 Å². The van der Waals surface area contributed by atoms with Crippen molar-refractivity contribution in [1.82, 2.24) is 4.98 Å². The number of nitrogens with zero attached hydrogens (tertiary/aromatic N) is 1. The second-order valence-corrected chi connectivity index (χ2v) is 5.20. The fourth-order valence-corrected chi connectivity index (χ4v) is 2.96. The van der Waals surface area contributed by atoms with E-state index in [1.165, 1.54) is 0 Å². The van der Waals surface area contributed by atoms with Gasteiger partial charge in [-0.15, -0.1) is 11.3 Å². The normalized spacial score (nSPS) is 22.9. The quantitative estimate of drug-likeness (QED) is 0.841. The maximum atomic E-state index is 6.18. The van der Waals surface area contributed by atoms with Crippen LogP contribution in [0, 0.1) is 6.92 Å². The molecular formula is C13H14N2OS. The third-order valence-electron chi connectivity index (χ3n) is 2.97. The third kappa shape index (κ3) is 1.94. The number of ether oxygens (including phenoxy) is 1. The molecule has 1 aliphatic rings. The van der Waals surface area contributed by atoms with Crippen LogP contribution < -0.4 is 10.5 Å². The Bertz CT molecular complexity index is 538. The molecule has 2 atom stereocenters. The molecule has 3 rings (SSSR count). The Morgan fingerprint density at radius 1 is 1.41 bits per heavy atom. The van der Waals surface area contributed by atoms with Crippen molar-refractivity contribution in [3.8, 4) is 5.75 Å². The summed E-state index contributed by atoms with van der Waals surface area (Å²) in [5.41, 5.74) is 8.31. The van der Waals surface area contributed by atoms with E-state index in [2.05, 4.69) is 4.98 Å². The minimum absolute atomic E-state index is 0.00130. The Labute approximate surface area is 104 Å². The second kappa shape index (κ2) is 4.13. The van der Waals surface area contributed by atoms with E-state index in [9.17, 15) is 0 Å². The van der Waals surface area contributed by atoms with Crippen LogP contribution in [0.25, 0.3) is 0 Å². The minimum Gasteiger partial charge on any atom is -0.483 e. The first-order valence-electron chi connectivity index (χ1n) is 5.67. The lowest BCUT2D eigenvalue weighted by molar-refractivity contribution is 0.161. The van der Waals surface area contributed by atoms with Gasteiger partial charge in [0, 0.05) is 29.1 Å². The lowest BCUT2D eigenvalue weighted by Crippen LogP contribution is -2.23. The van der Waals surface area contributed by atoms with E-state index >= 15 is 0 Å². The smallest absolute Gasteiger partial charge is 0.152 e. The highest BCUT2D eigenvalue weighted by Gasteiger charge is 2.28. The van der Waals surface area contributed by atoms with Crippen LogP contribution in [0.3, 0.4) is 0 Å². The molecule has 1 aliphatic heterocycles. The van der Waals surface area contributed by atoms with Crippen LogP contribution in [0.4, 0.5) is 0 Å². The lowest BCUT2D eigenvalue weighted by atomic mass is 9.97. The van der Waals surface area contributed by atoms with Gasteiger partial charge in [0.2, 0.25) is 0 Å². The molecule has 0 fully saturated rings. The monoisotopic (exact) mass is 246 g/mol. The van der Waals surface area contributed by atoms with Crippen molar-refractivity contribution in [3.63, 3.8) is 0 Å². The summed E-state index contributed by atoms with van der Waals surface area (Å²) in [6.45, 7) is 2.00. The topological polar surface area (TPSA) is 48.1 Å². The number of rotatable bonds is 1. The Hall–Kier alpha value is -1.39. The number of aryl methyl sites for hydroxylation is 1. The number of benzene rings is 1. The maximum Gasteiger partial charge on any atom is 0.152 e. The molecule has 1 aromatic carbocycles. The minimum atomic E-state index is -0.00130. The molecule has 17 heavy (non-hydrogen) atoms. The first kappa shape index (κ1) is 10.7. The number of thiazole rings is 1. The Morgan fingerprint density at radius 3 is 3.00 bits per heavy atom. The molecule has 4 heteroatoms. The number of aromatic nitrogens is 1. The molecule has 0 spiro atoms. The molecule has 1 aromatic heterocycles. The average Bonchev–Trinajstić information content (AvgIpc) is 2.76.